The van der Waals surface area contributed by atoms with Gasteiger partial charge in [0.2, 0.25) is 10.0 Å². The van der Waals surface area contributed by atoms with Crippen molar-refractivity contribution in [2.45, 2.75) is 32.1 Å². The number of ketones is 1. The lowest BCUT2D eigenvalue weighted by Gasteiger charge is -2.11. The van der Waals surface area contributed by atoms with E-state index in [0.29, 0.717) is 29.9 Å². The van der Waals surface area contributed by atoms with E-state index in [-0.39, 0.29) is 17.2 Å². The summed E-state index contributed by atoms with van der Waals surface area (Å²) in [6.07, 6.45) is 0.489. The van der Waals surface area contributed by atoms with E-state index in [1.165, 1.54) is 19.1 Å². The Morgan fingerprint density at radius 3 is 2.61 bits per heavy atom. The summed E-state index contributed by atoms with van der Waals surface area (Å²) in [4.78, 5) is 16.1. The third kappa shape index (κ3) is 5.26. The van der Waals surface area contributed by atoms with Crippen molar-refractivity contribution in [3.8, 4) is 6.07 Å². The van der Waals surface area contributed by atoms with Crippen LogP contribution in [0.15, 0.2) is 47.4 Å². The average Bonchev–Trinajstić information content (AvgIpc) is 2.73. The first kappa shape index (κ1) is 22.4. The maximum atomic E-state index is 12.5. The van der Waals surface area contributed by atoms with E-state index in [4.69, 9.17) is 0 Å². The number of anilines is 1. The van der Waals surface area contributed by atoms with E-state index < -0.39 is 10.0 Å². The van der Waals surface area contributed by atoms with Crippen LogP contribution < -0.4 is 10.0 Å². The van der Waals surface area contributed by atoms with Gasteiger partial charge < -0.3 is 5.32 Å². The van der Waals surface area contributed by atoms with Crippen molar-refractivity contribution in [2.24, 2.45) is 0 Å². The molecular formula is C23H24N4O3S. The van der Waals surface area contributed by atoms with Gasteiger partial charge in [-0.15, -0.1) is 0 Å². The average molecular weight is 437 g/mol. The minimum Gasteiger partial charge on any atom is -0.369 e. The molecule has 0 bridgehead atoms. The van der Waals surface area contributed by atoms with Crippen LogP contribution in [0.3, 0.4) is 0 Å². The Bertz CT molecular complexity index is 1290. The number of benzene rings is 2. The van der Waals surface area contributed by atoms with Gasteiger partial charge in [0.1, 0.15) is 11.9 Å². The number of nitrogens with one attached hydrogen (secondary N) is 2. The first-order chi connectivity index (χ1) is 14.7. The molecule has 0 aliphatic carbocycles. The largest absolute Gasteiger partial charge is 0.369 e. The van der Waals surface area contributed by atoms with Gasteiger partial charge in [-0.2, -0.15) is 5.26 Å². The number of rotatable bonds is 8. The van der Waals surface area contributed by atoms with Gasteiger partial charge in [0.05, 0.1) is 16.0 Å². The Hall–Kier alpha value is -3.28. The van der Waals surface area contributed by atoms with Gasteiger partial charge in [0.25, 0.3) is 0 Å². The van der Waals surface area contributed by atoms with E-state index in [1.54, 1.807) is 12.1 Å². The first-order valence-corrected chi connectivity index (χ1v) is 11.4. The molecule has 8 heteroatoms. The zero-order chi connectivity index (χ0) is 22.6. The molecule has 0 aliphatic heterocycles. The molecule has 31 heavy (non-hydrogen) atoms. The van der Waals surface area contributed by atoms with E-state index in [2.05, 4.69) is 27.2 Å². The van der Waals surface area contributed by atoms with Gasteiger partial charge in [-0.1, -0.05) is 18.2 Å². The Labute approximate surface area is 182 Å². The Morgan fingerprint density at radius 1 is 1.13 bits per heavy atom. The fraction of sp³-hybridized carbons (Fsp3) is 0.261. The molecule has 160 valence electrons. The van der Waals surface area contributed by atoms with Crippen LogP contribution in [0.2, 0.25) is 0 Å². The molecule has 0 saturated carbocycles. The number of pyridine rings is 1. The van der Waals surface area contributed by atoms with E-state index >= 15 is 0 Å². The number of aryl methyl sites for hydroxylation is 2. The second-order valence-electron chi connectivity index (χ2n) is 7.41. The standard InChI is InChI=1S/C23H24N4O3S/c1-15-10-16(2)21-13-19(14-24)23(27-22(21)11-15)25-8-5-9-26-31(29,30)20-7-4-6-18(12-20)17(3)28/h4,6-7,10-13,26H,5,8-9H2,1-3H3,(H,25,27). The Kier molecular flexibility index (Phi) is 6.68. The van der Waals surface area contributed by atoms with Crippen LogP contribution in [0, 0.1) is 25.2 Å². The van der Waals surface area contributed by atoms with Crippen molar-refractivity contribution in [1.29, 1.82) is 5.26 Å². The van der Waals surface area contributed by atoms with Crippen LogP contribution in [0.25, 0.3) is 10.9 Å². The van der Waals surface area contributed by atoms with Crippen molar-refractivity contribution in [1.82, 2.24) is 9.71 Å². The summed E-state index contributed by atoms with van der Waals surface area (Å²) >= 11 is 0. The second kappa shape index (κ2) is 9.25. The molecule has 7 nitrogen and oxygen atoms in total. The van der Waals surface area contributed by atoms with Gasteiger partial charge >= 0.3 is 0 Å². The number of sulfonamides is 1. The molecule has 1 aromatic heterocycles. The Morgan fingerprint density at radius 2 is 1.90 bits per heavy atom. The molecule has 0 atom stereocenters. The summed E-state index contributed by atoms with van der Waals surface area (Å²) in [5.74, 6) is 0.292. The molecule has 2 aromatic carbocycles. The first-order valence-electron chi connectivity index (χ1n) is 9.88. The molecule has 0 unspecified atom stereocenters. The number of fused-ring (bicyclic) bond motifs is 1. The summed E-state index contributed by atoms with van der Waals surface area (Å²) in [7, 11) is -3.71. The molecule has 2 N–H and O–H groups in total. The monoisotopic (exact) mass is 436 g/mol. The van der Waals surface area contributed by atoms with Gasteiger partial charge in [-0.05, 0) is 62.6 Å². The number of hydrogen-bond donors (Lipinski definition) is 2. The van der Waals surface area contributed by atoms with E-state index in [1.807, 2.05) is 26.0 Å². The predicted molar refractivity (Wildman–Crippen MR) is 121 cm³/mol. The quantitative estimate of drug-likeness (QED) is 0.411. The fourth-order valence-electron chi connectivity index (χ4n) is 3.32. The summed E-state index contributed by atoms with van der Waals surface area (Å²) in [5, 5.41) is 13.5. The number of Topliss-reactive ketones (excluding diaryl/α,β-unsaturated/α-hetero) is 1. The van der Waals surface area contributed by atoms with Gasteiger partial charge in [0, 0.05) is 24.0 Å². The molecule has 3 aromatic rings. The molecule has 0 fully saturated rings. The predicted octanol–water partition coefficient (Wildman–Crippen LogP) is 3.71. The zero-order valence-corrected chi connectivity index (χ0v) is 18.5. The second-order valence-corrected chi connectivity index (χ2v) is 9.17. The van der Waals surface area contributed by atoms with Crippen LogP contribution in [0.4, 0.5) is 5.82 Å². The van der Waals surface area contributed by atoms with Gasteiger partial charge in [-0.25, -0.2) is 18.1 Å². The highest BCUT2D eigenvalue weighted by Crippen LogP contribution is 2.24. The number of nitriles is 1. The fourth-order valence-corrected chi connectivity index (χ4v) is 4.44. The Balaban J connectivity index is 1.63. The van der Waals surface area contributed by atoms with Crippen molar-refractivity contribution in [3.63, 3.8) is 0 Å². The maximum Gasteiger partial charge on any atom is 0.240 e. The maximum absolute atomic E-state index is 12.5. The third-order valence-electron chi connectivity index (χ3n) is 4.89. The summed E-state index contributed by atoms with van der Waals surface area (Å²) in [6.45, 7) is 6.02. The van der Waals surface area contributed by atoms with Crippen LogP contribution >= 0.6 is 0 Å². The van der Waals surface area contributed by atoms with E-state index in [9.17, 15) is 18.5 Å². The summed E-state index contributed by atoms with van der Waals surface area (Å²) in [6, 6.07) is 14.0. The number of hydrogen-bond acceptors (Lipinski definition) is 6. The molecule has 0 saturated heterocycles. The van der Waals surface area contributed by atoms with Crippen molar-refractivity contribution < 1.29 is 13.2 Å². The zero-order valence-electron chi connectivity index (χ0n) is 17.7. The molecule has 0 amide bonds. The van der Waals surface area contributed by atoms with Crippen molar-refractivity contribution in [2.75, 3.05) is 18.4 Å². The van der Waals surface area contributed by atoms with Crippen LogP contribution in [-0.2, 0) is 10.0 Å². The normalized spacial score (nSPS) is 11.3. The van der Waals surface area contributed by atoms with Crippen LogP contribution in [0.1, 0.15) is 40.4 Å². The van der Waals surface area contributed by atoms with E-state index in [0.717, 1.165) is 22.0 Å². The number of carbonyl (C=O) groups is 1. The molecular weight excluding hydrogens is 412 g/mol. The lowest BCUT2D eigenvalue weighted by molar-refractivity contribution is 0.101. The lowest BCUT2D eigenvalue weighted by atomic mass is 10.0. The van der Waals surface area contributed by atoms with Crippen LogP contribution in [-0.4, -0.2) is 32.3 Å². The number of aromatic nitrogens is 1. The highest BCUT2D eigenvalue weighted by atomic mass is 32.2. The number of carbonyl (C=O) groups excluding carboxylic acids is 1. The minimum absolute atomic E-state index is 0.0573. The summed E-state index contributed by atoms with van der Waals surface area (Å²) < 4.78 is 27.4. The summed E-state index contributed by atoms with van der Waals surface area (Å²) in [5.41, 5.74) is 3.76. The van der Waals surface area contributed by atoms with Crippen LogP contribution in [0.5, 0.6) is 0 Å². The molecule has 0 radical (unpaired) electrons. The molecule has 0 aliphatic rings. The number of nitrogens with zero attached hydrogens (tertiary/aromatic N) is 2. The minimum atomic E-state index is -3.71. The highest BCUT2D eigenvalue weighted by Gasteiger charge is 2.15. The topological polar surface area (TPSA) is 112 Å². The highest BCUT2D eigenvalue weighted by molar-refractivity contribution is 7.89. The van der Waals surface area contributed by atoms with Crippen molar-refractivity contribution >= 4 is 32.5 Å². The van der Waals surface area contributed by atoms with Crippen molar-refractivity contribution in [3.05, 3.63) is 64.7 Å². The van der Waals surface area contributed by atoms with Gasteiger partial charge in [0.15, 0.2) is 5.78 Å². The molecule has 1 heterocycles. The smallest absolute Gasteiger partial charge is 0.240 e. The third-order valence-corrected chi connectivity index (χ3v) is 6.35. The molecule has 0 spiro atoms. The molecule has 3 rings (SSSR count). The SMILES string of the molecule is CC(=O)c1cccc(S(=O)(=O)NCCCNc2nc3cc(C)cc(C)c3cc2C#N)c1. The van der Waals surface area contributed by atoms with Gasteiger partial charge in [-0.3, -0.25) is 4.79 Å². The lowest BCUT2D eigenvalue weighted by Crippen LogP contribution is -2.26.